The van der Waals surface area contributed by atoms with Gasteiger partial charge in [-0.25, -0.2) is 13.2 Å². The van der Waals surface area contributed by atoms with Crippen LogP contribution in [0.5, 0.6) is 0 Å². The van der Waals surface area contributed by atoms with Crippen molar-refractivity contribution in [3.05, 3.63) is 22.9 Å². The third-order valence-electron chi connectivity index (χ3n) is 3.31. The van der Waals surface area contributed by atoms with Crippen molar-refractivity contribution in [2.75, 3.05) is 6.54 Å². The molecule has 0 aromatic carbocycles. The van der Waals surface area contributed by atoms with Gasteiger partial charge < -0.3 is 0 Å². The number of piperidine rings is 1. The summed E-state index contributed by atoms with van der Waals surface area (Å²) in [6.45, 7) is 2.22. The molecule has 0 aliphatic carbocycles. The van der Waals surface area contributed by atoms with E-state index in [0.29, 0.717) is 11.0 Å². The summed E-state index contributed by atoms with van der Waals surface area (Å²) in [5.41, 5.74) is 0. The van der Waals surface area contributed by atoms with Crippen molar-refractivity contribution in [2.24, 2.45) is 10.9 Å². The van der Waals surface area contributed by atoms with Crippen LogP contribution in [-0.2, 0) is 14.8 Å². The fourth-order valence-corrected chi connectivity index (χ4v) is 4.48. The van der Waals surface area contributed by atoms with Crippen molar-refractivity contribution < 1.29 is 13.2 Å². The lowest BCUT2D eigenvalue weighted by molar-refractivity contribution is 0.194. The van der Waals surface area contributed by atoms with E-state index < -0.39 is 16.2 Å². The van der Waals surface area contributed by atoms with E-state index in [9.17, 15) is 13.2 Å². The minimum atomic E-state index is -3.72. The number of aliphatic imine (C=N–C) groups is 1. The van der Waals surface area contributed by atoms with E-state index in [1.807, 2.05) is 6.92 Å². The first-order valence-electron chi connectivity index (χ1n) is 6.16. The standard InChI is InChI=1S/C12H14BrN3O3S/c1-9-3-2-4-16(12(9)15-8-17)20(18,19)11-5-10(13)6-14-7-11/h5-7,9,12H,2-4H2,1H3. The van der Waals surface area contributed by atoms with Crippen molar-refractivity contribution in [3.63, 3.8) is 0 Å². The second kappa shape index (κ2) is 6.13. The highest BCUT2D eigenvalue weighted by Crippen LogP contribution is 2.30. The first-order valence-corrected chi connectivity index (χ1v) is 8.39. The van der Waals surface area contributed by atoms with Crippen LogP contribution in [0.15, 0.2) is 32.8 Å². The largest absolute Gasteiger partial charge is 0.262 e. The van der Waals surface area contributed by atoms with Gasteiger partial charge in [0, 0.05) is 23.4 Å². The lowest BCUT2D eigenvalue weighted by atomic mass is 9.98. The molecular weight excluding hydrogens is 346 g/mol. The fraction of sp³-hybridized carbons (Fsp3) is 0.500. The van der Waals surface area contributed by atoms with Crippen molar-refractivity contribution >= 4 is 32.0 Å². The molecule has 2 atom stereocenters. The molecule has 1 aliphatic rings. The van der Waals surface area contributed by atoms with E-state index in [2.05, 4.69) is 25.9 Å². The predicted octanol–water partition coefficient (Wildman–Crippen LogP) is 1.93. The molecule has 0 radical (unpaired) electrons. The first-order chi connectivity index (χ1) is 9.46. The van der Waals surface area contributed by atoms with Gasteiger partial charge in [0.2, 0.25) is 16.1 Å². The normalized spacial score (nSPS) is 24.1. The molecule has 1 fully saturated rings. The summed E-state index contributed by atoms with van der Waals surface area (Å²) in [6, 6.07) is 1.49. The zero-order chi connectivity index (χ0) is 14.8. The monoisotopic (exact) mass is 359 g/mol. The molecular formula is C12H14BrN3O3S. The minimum absolute atomic E-state index is 0.0138. The number of sulfonamides is 1. The summed E-state index contributed by atoms with van der Waals surface area (Å²) in [5.74, 6) is -0.0138. The Morgan fingerprint density at radius 3 is 2.90 bits per heavy atom. The maximum atomic E-state index is 12.6. The van der Waals surface area contributed by atoms with Crippen molar-refractivity contribution in [2.45, 2.75) is 30.8 Å². The Balaban J connectivity index is 2.43. The summed E-state index contributed by atoms with van der Waals surface area (Å²) < 4.78 is 27.1. The molecule has 1 aromatic heterocycles. The Hall–Kier alpha value is -1.08. The molecule has 6 nitrogen and oxygen atoms in total. The Kier molecular flexibility index (Phi) is 4.70. The van der Waals surface area contributed by atoms with Crippen molar-refractivity contribution in [1.82, 2.24) is 9.29 Å². The molecule has 20 heavy (non-hydrogen) atoms. The molecule has 2 heterocycles. The maximum Gasteiger partial charge on any atom is 0.246 e. The Morgan fingerprint density at radius 2 is 2.25 bits per heavy atom. The van der Waals surface area contributed by atoms with Crippen LogP contribution in [0.1, 0.15) is 19.8 Å². The summed E-state index contributed by atoms with van der Waals surface area (Å²) >= 11 is 3.21. The van der Waals surface area contributed by atoms with Crippen LogP contribution in [0.25, 0.3) is 0 Å². The molecule has 1 saturated heterocycles. The van der Waals surface area contributed by atoms with Gasteiger partial charge in [0.05, 0.1) is 0 Å². The van der Waals surface area contributed by atoms with Gasteiger partial charge in [-0.3, -0.25) is 4.98 Å². The molecule has 1 aromatic rings. The smallest absolute Gasteiger partial charge is 0.246 e. The van der Waals surface area contributed by atoms with Gasteiger partial charge in [0.15, 0.2) is 0 Å². The number of rotatable bonds is 3. The van der Waals surface area contributed by atoms with Crippen LogP contribution in [0.4, 0.5) is 0 Å². The number of carbonyl (C=O) groups excluding carboxylic acids is 1. The van der Waals surface area contributed by atoms with E-state index in [4.69, 9.17) is 0 Å². The van der Waals surface area contributed by atoms with E-state index in [1.165, 1.54) is 28.8 Å². The van der Waals surface area contributed by atoms with Crippen LogP contribution < -0.4 is 0 Å². The average molecular weight is 360 g/mol. The van der Waals surface area contributed by atoms with Crippen LogP contribution in [0.3, 0.4) is 0 Å². The summed E-state index contributed by atoms with van der Waals surface area (Å²) in [4.78, 5) is 18.2. The van der Waals surface area contributed by atoms with Gasteiger partial charge in [-0.2, -0.15) is 9.30 Å². The van der Waals surface area contributed by atoms with Gasteiger partial charge in [0.25, 0.3) is 0 Å². The molecule has 0 saturated carbocycles. The number of hydrogen-bond acceptors (Lipinski definition) is 5. The number of halogens is 1. The van der Waals surface area contributed by atoms with Crippen LogP contribution in [0.2, 0.25) is 0 Å². The fourth-order valence-electron chi connectivity index (χ4n) is 2.31. The number of aromatic nitrogens is 1. The minimum Gasteiger partial charge on any atom is -0.262 e. The van der Waals surface area contributed by atoms with Gasteiger partial charge in [0.1, 0.15) is 11.1 Å². The van der Waals surface area contributed by atoms with Gasteiger partial charge in [-0.1, -0.05) is 6.92 Å². The highest BCUT2D eigenvalue weighted by molar-refractivity contribution is 9.10. The lowest BCUT2D eigenvalue weighted by Gasteiger charge is -2.35. The highest BCUT2D eigenvalue weighted by atomic mass is 79.9. The van der Waals surface area contributed by atoms with Crippen LogP contribution >= 0.6 is 15.9 Å². The van der Waals surface area contributed by atoms with Crippen molar-refractivity contribution in [3.8, 4) is 0 Å². The second-order valence-electron chi connectivity index (χ2n) is 4.71. The number of pyridine rings is 1. The summed E-state index contributed by atoms with van der Waals surface area (Å²) in [6.07, 6.45) is 5.17. The second-order valence-corrected chi connectivity index (χ2v) is 7.51. The molecule has 0 bridgehead atoms. The number of nitrogens with zero attached hydrogens (tertiary/aromatic N) is 3. The zero-order valence-corrected chi connectivity index (χ0v) is 13.3. The molecule has 0 amide bonds. The predicted molar refractivity (Wildman–Crippen MR) is 76.1 cm³/mol. The van der Waals surface area contributed by atoms with Crippen LogP contribution in [-0.4, -0.2) is 36.5 Å². The van der Waals surface area contributed by atoms with Gasteiger partial charge in [-0.05, 0) is 40.8 Å². The molecule has 0 N–H and O–H groups in total. The van der Waals surface area contributed by atoms with Crippen LogP contribution in [0, 0.1) is 5.92 Å². The van der Waals surface area contributed by atoms with E-state index in [1.54, 1.807) is 0 Å². The highest BCUT2D eigenvalue weighted by Gasteiger charge is 2.37. The van der Waals surface area contributed by atoms with E-state index in [-0.39, 0.29) is 10.8 Å². The first kappa shape index (κ1) is 15.3. The molecule has 8 heteroatoms. The van der Waals surface area contributed by atoms with Gasteiger partial charge >= 0.3 is 0 Å². The third kappa shape index (κ3) is 2.98. The summed E-state index contributed by atoms with van der Waals surface area (Å²) in [5, 5.41) is 0. The Bertz CT molecular complexity index is 643. The van der Waals surface area contributed by atoms with Gasteiger partial charge in [-0.15, -0.1) is 0 Å². The number of isocyanates is 1. The molecule has 2 rings (SSSR count). The molecule has 0 spiro atoms. The molecule has 1 aliphatic heterocycles. The maximum absolute atomic E-state index is 12.6. The van der Waals surface area contributed by atoms with E-state index in [0.717, 1.165) is 12.8 Å². The topological polar surface area (TPSA) is 79.7 Å². The Labute approximate surface area is 126 Å². The van der Waals surface area contributed by atoms with Crippen molar-refractivity contribution in [1.29, 1.82) is 0 Å². The molecule has 108 valence electrons. The summed E-state index contributed by atoms with van der Waals surface area (Å²) in [7, 11) is -3.72. The van der Waals surface area contributed by atoms with E-state index >= 15 is 0 Å². The molecule has 2 unspecified atom stereocenters. The third-order valence-corrected chi connectivity index (χ3v) is 5.58. The number of hydrogen-bond donors (Lipinski definition) is 0. The Morgan fingerprint density at radius 1 is 1.50 bits per heavy atom. The lowest BCUT2D eigenvalue weighted by Crippen LogP contribution is -2.46. The zero-order valence-electron chi connectivity index (χ0n) is 10.9. The SMILES string of the molecule is CC1CCCN(S(=O)(=O)c2cncc(Br)c2)C1N=C=O. The quantitative estimate of drug-likeness (QED) is 0.609. The average Bonchev–Trinajstić information content (AvgIpc) is 2.41.